The van der Waals surface area contributed by atoms with Crippen LogP contribution in [0.3, 0.4) is 0 Å². The number of fused-ring (bicyclic) bond motifs is 1. The van der Waals surface area contributed by atoms with Gasteiger partial charge in [0.05, 0.1) is 35.5 Å². The van der Waals surface area contributed by atoms with E-state index < -0.39 is 11.7 Å². The van der Waals surface area contributed by atoms with Crippen molar-refractivity contribution in [1.82, 2.24) is 24.7 Å². The molecule has 8 nitrogen and oxygen atoms in total. The van der Waals surface area contributed by atoms with Crippen molar-refractivity contribution in [1.29, 1.82) is 0 Å². The molecule has 0 aliphatic carbocycles. The number of carbonyl (C=O) groups excluding carboxylic acids is 2. The Morgan fingerprint density at radius 1 is 0.892 bits per heavy atom. The third-order valence-electron chi connectivity index (χ3n) is 6.67. The summed E-state index contributed by atoms with van der Waals surface area (Å²) in [4.78, 5) is 40.1. The number of rotatable bonds is 4. The second-order valence-electron chi connectivity index (χ2n) is 9.16. The van der Waals surface area contributed by atoms with E-state index in [1.807, 2.05) is 24.3 Å². The predicted octanol–water partition coefficient (Wildman–Crippen LogP) is 2.95. The van der Waals surface area contributed by atoms with Crippen LogP contribution in [0.15, 0.2) is 54.7 Å². The van der Waals surface area contributed by atoms with Gasteiger partial charge in [-0.1, -0.05) is 12.1 Å². The SMILES string of the molecule is O=C(c1ccc(C(F)(F)F)cc1)N1CCN(CC2CN(C(=O)c3cnc4ccccc4n3)CCO2)CC1. The van der Waals surface area contributed by atoms with Crippen molar-refractivity contribution in [2.45, 2.75) is 12.3 Å². The highest BCUT2D eigenvalue weighted by atomic mass is 19.4. The van der Waals surface area contributed by atoms with Crippen LogP contribution in [0.1, 0.15) is 26.4 Å². The minimum atomic E-state index is -4.43. The Morgan fingerprint density at radius 3 is 2.30 bits per heavy atom. The zero-order chi connectivity index (χ0) is 26.0. The van der Waals surface area contributed by atoms with Gasteiger partial charge in [0.2, 0.25) is 0 Å². The molecule has 2 amide bonds. The fraction of sp³-hybridized carbons (Fsp3) is 0.385. The fourth-order valence-electron chi connectivity index (χ4n) is 4.64. The first kappa shape index (κ1) is 25.1. The van der Waals surface area contributed by atoms with E-state index in [0.717, 1.165) is 17.6 Å². The fourth-order valence-corrected chi connectivity index (χ4v) is 4.64. The Morgan fingerprint density at radius 2 is 1.59 bits per heavy atom. The Hall–Kier alpha value is -3.57. The maximum atomic E-state index is 13.1. The zero-order valence-electron chi connectivity index (χ0n) is 20.0. The van der Waals surface area contributed by atoms with Crippen molar-refractivity contribution >= 4 is 22.8 Å². The number of carbonyl (C=O) groups is 2. The summed E-state index contributed by atoms with van der Waals surface area (Å²) in [6, 6.07) is 11.7. The number of nitrogens with zero attached hydrogens (tertiary/aromatic N) is 5. The van der Waals surface area contributed by atoms with Crippen LogP contribution >= 0.6 is 0 Å². The summed E-state index contributed by atoms with van der Waals surface area (Å²) < 4.78 is 44.3. The highest BCUT2D eigenvalue weighted by Crippen LogP contribution is 2.29. The number of morpholine rings is 1. The third-order valence-corrected chi connectivity index (χ3v) is 6.67. The topological polar surface area (TPSA) is 78.9 Å². The van der Waals surface area contributed by atoms with E-state index in [9.17, 15) is 22.8 Å². The van der Waals surface area contributed by atoms with E-state index >= 15 is 0 Å². The van der Waals surface area contributed by atoms with Gasteiger partial charge in [-0.2, -0.15) is 13.2 Å². The lowest BCUT2D eigenvalue weighted by molar-refractivity contribution is -0.137. The maximum absolute atomic E-state index is 13.1. The van der Waals surface area contributed by atoms with Gasteiger partial charge in [-0.3, -0.25) is 19.5 Å². The molecule has 1 atom stereocenters. The molecule has 2 aliphatic heterocycles. The number of halogens is 3. The number of benzene rings is 2. The standard InChI is InChI=1S/C26H26F3N5O3/c27-26(28,29)19-7-5-18(6-8-19)24(35)33-11-9-32(10-12-33)16-20-17-34(13-14-37-20)25(36)23-15-30-21-3-1-2-4-22(21)31-23/h1-8,15,20H,9-14,16-17H2. The lowest BCUT2D eigenvalue weighted by atomic mass is 10.1. The largest absolute Gasteiger partial charge is 0.416 e. The number of amides is 2. The van der Waals surface area contributed by atoms with Crippen molar-refractivity contribution < 1.29 is 27.5 Å². The van der Waals surface area contributed by atoms with E-state index in [2.05, 4.69) is 14.9 Å². The van der Waals surface area contributed by atoms with Gasteiger partial charge < -0.3 is 14.5 Å². The summed E-state index contributed by atoms with van der Waals surface area (Å²) in [5.41, 5.74) is 1.16. The van der Waals surface area contributed by atoms with Crippen LogP contribution in [0.25, 0.3) is 11.0 Å². The Bertz CT molecular complexity index is 1280. The van der Waals surface area contributed by atoms with Crippen molar-refractivity contribution in [3.8, 4) is 0 Å². The predicted molar refractivity (Wildman–Crippen MR) is 129 cm³/mol. The van der Waals surface area contributed by atoms with E-state index in [4.69, 9.17) is 4.74 Å². The first-order chi connectivity index (χ1) is 17.8. The normalized spacial score (nSPS) is 19.3. The third kappa shape index (κ3) is 5.72. The van der Waals surface area contributed by atoms with Gasteiger partial charge in [0.25, 0.3) is 11.8 Å². The number of hydrogen-bond donors (Lipinski definition) is 0. The lowest BCUT2D eigenvalue weighted by Crippen LogP contribution is -2.54. The van der Waals surface area contributed by atoms with Gasteiger partial charge in [-0.25, -0.2) is 4.98 Å². The van der Waals surface area contributed by atoms with E-state index in [1.54, 1.807) is 9.80 Å². The maximum Gasteiger partial charge on any atom is 0.416 e. The average Bonchev–Trinajstić information content (AvgIpc) is 2.92. The number of piperazine rings is 1. The molecule has 1 aromatic heterocycles. The molecule has 194 valence electrons. The number of alkyl halides is 3. The number of para-hydroxylation sites is 2. The molecule has 0 N–H and O–H groups in total. The van der Waals surface area contributed by atoms with Gasteiger partial charge in [0.1, 0.15) is 5.69 Å². The molecular weight excluding hydrogens is 487 g/mol. The van der Waals surface area contributed by atoms with Crippen LogP contribution in [-0.4, -0.2) is 95.0 Å². The summed E-state index contributed by atoms with van der Waals surface area (Å²) in [5, 5.41) is 0. The van der Waals surface area contributed by atoms with Crippen LogP contribution in [0.5, 0.6) is 0 Å². The molecule has 0 saturated carbocycles. The minimum Gasteiger partial charge on any atom is -0.373 e. The van der Waals surface area contributed by atoms with Gasteiger partial charge in [-0.15, -0.1) is 0 Å². The van der Waals surface area contributed by atoms with Crippen molar-refractivity contribution in [2.24, 2.45) is 0 Å². The molecule has 3 heterocycles. The summed E-state index contributed by atoms with van der Waals surface area (Å²) in [5.74, 6) is -0.464. The molecular formula is C26H26F3N5O3. The van der Waals surface area contributed by atoms with Gasteiger partial charge in [0.15, 0.2) is 0 Å². The summed E-state index contributed by atoms with van der Waals surface area (Å²) in [6.07, 6.45) is -3.11. The summed E-state index contributed by atoms with van der Waals surface area (Å²) >= 11 is 0. The highest BCUT2D eigenvalue weighted by Gasteiger charge is 2.32. The monoisotopic (exact) mass is 513 g/mol. The second-order valence-corrected chi connectivity index (χ2v) is 9.16. The van der Waals surface area contributed by atoms with Crippen LogP contribution < -0.4 is 0 Å². The molecule has 0 radical (unpaired) electrons. The number of aromatic nitrogens is 2. The minimum absolute atomic E-state index is 0.178. The molecule has 0 bridgehead atoms. The van der Waals surface area contributed by atoms with E-state index in [-0.39, 0.29) is 23.5 Å². The van der Waals surface area contributed by atoms with Crippen LogP contribution in [0, 0.1) is 0 Å². The molecule has 37 heavy (non-hydrogen) atoms. The van der Waals surface area contributed by atoms with Gasteiger partial charge in [0, 0.05) is 51.4 Å². The van der Waals surface area contributed by atoms with Gasteiger partial charge in [-0.05, 0) is 36.4 Å². The first-order valence-electron chi connectivity index (χ1n) is 12.1. The molecule has 2 fully saturated rings. The van der Waals surface area contributed by atoms with Crippen LogP contribution in [-0.2, 0) is 10.9 Å². The van der Waals surface area contributed by atoms with E-state index in [0.29, 0.717) is 63.6 Å². The lowest BCUT2D eigenvalue weighted by Gasteiger charge is -2.39. The number of ether oxygens (including phenoxy) is 1. The Labute approximate surface area is 211 Å². The second kappa shape index (κ2) is 10.4. The molecule has 0 spiro atoms. The average molecular weight is 514 g/mol. The number of hydrogen-bond acceptors (Lipinski definition) is 6. The molecule has 2 aliphatic rings. The molecule has 3 aromatic rings. The Balaban J connectivity index is 1.13. The molecule has 2 saturated heterocycles. The summed E-state index contributed by atoms with van der Waals surface area (Å²) in [7, 11) is 0. The van der Waals surface area contributed by atoms with Crippen molar-refractivity contribution in [2.75, 3.05) is 52.4 Å². The highest BCUT2D eigenvalue weighted by molar-refractivity contribution is 5.94. The van der Waals surface area contributed by atoms with Crippen LogP contribution in [0.4, 0.5) is 13.2 Å². The first-order valence-corrected chi connectivity index (χ1v) is 12.1. The zero-order valence-corrected chi connectivity index (χ0v) is 20.0. The quantitative estimate of drug-likeness (QED) is 0.534. The molecule has 11 heteroatoms. The molecule has 2 aromatic carbocycles. The smallest absolute Gasteiger partial charge is 0.373 e. The Kier molecular flexibility index (Phi) is 7.07. The summed E-state index contributed by atoms with van der Waals surface area (Å²) in [6.45, 7) is 4.06. The molecule has 5 rings (SSSR count). The van der Waals surface area contributed by atoms with Crippen LogP contribution in [0.2, 0.25) is 0 Å². The van der Waals surface area contributed by atoms with Crippen molar-refractivity contribution in [3.63, 3.8) is 0 Å². The van der Waals surface area contributed by atoms with Crippen molar-refractivity contribution in [3.05, 3.63) is 71.5 Å². The van der Waals surface area contributed by atoms with E-state index in [1.165, 1.54) is 18.3 Å². The van der Waals surface area contributed by atoms with Gasteiger partial charge >= 0.3 is 6.18 Å². The molecule has 1 unspecified atom stereocenters.